The number of carbonyl (C=O) groups excluding carboxylic acids is 2. The SMILES string of the molecule is C=O.CC1COC(C)C(=O)O1. The summed E-state index contributed by atoms with van der Waals surface area (Å²) in [6.07, 6.45) is -0.449. The second-order valence-electron chi connectivity index (χ2n) is 2.22. The summed E-state index contributed by atoms with van der Waals surface area (Å²) in [6, 6.07) is 0. The molecule has 1 rings (SSSR count). The molecule has 0 N–H and O–H groups in total. The van der Waals surface area contributed by atoms with Crippen LogP contribution in [0.1, 0.15) is 13.8 Å². The molecule has 1 fully saturated rings. The molecule has 0 aliphatic carbocycles. The van der Waals surface area contributed by atoms with Crippen molar-refractivity contribution in [2.75, 3.05) is 6.61 Å². The number of rotatable bonds is 0. The average Bonchev–Trinajstić information content (AvgIpc) is 2.02. The first kappa shape index (κ1) is 10.1. The fourth-order valence-corrected chi connectivity index (χ4v) is 0.676. The summed E-state index contributed by atoms with van der Waals surface area (Å²) in [7, 11) is 0. The van der Waals surface area contributed by atoms with Crippen LogP contribution >= 0.6 is 0 Å². The van der Waals surface area contributed by atoms with E-state index in [0.29, 0.717) is 6.61 Å². The maximum Gasteiger partial charge on any atom is 0.335 e. The van der Waals surface area contributed by atoms with Crippen molar-refractivity contribution in [2.45, 2.75) is 26.1 Å². The molecule has 0 spiro atoms. The fourth-order valence-electron chi connectivity index (χ4n) is 0.676. The lowest BCUT2D eigenvalue weighted by atomic mass is 10.3. The Bertz CT molecular complexity index is 134. The number of hydrogen-bond acceptors (Lipinski definition) is 4. The zero-order chi connectivity index (χ0) is 8.85. The standard InChI is InChI=1S/C6H10O3.CH2O/c1-4-3-8-5(2)6(7)9-4;1-2/h4-5H,3H2,1-2H3;1H2. The van der Waals surface area contributed by atoms with Gasteiger partial charge in [0.05, 0.1) is 6.61 Å². The summed E-state index contributed by atoms with van der Waals surface area (Å²) in [5.74, 6) is -0.256. The molecule has 1 aliphatic rings. The van der Waals surface area contributed by atoms with Gasteiger partial charge in [0.25, 0.3) is 0 Å². The van der Waals surface area contributed by atoms with Crippen LogP contribution < -0.4 is 0 Å². The van der Waals surface area contributed by atoms with E-state index in [4.69, 9.17) is 14.3 Å². The van der Waals surface area contributed by atoms with Gasteiger partial charge in [0.15, 0.2) is 6.10 Å². The highest BCUT2D eigenvalue weighted by atomic mass is 16.6. The van der Waals surface area contributed by atoms with Crippen molar-refractivity contribution >= 4 is 12.8 Å². The molecule has 2 unspecified atom stereocenters. The first-order valence-corrected chi connectivity index (χ1v) is 3.31. The third kappa shape index (κ3) is 3.13. The Morgan fingerprint density at radius 2 is 2.00 bits per heavy atom. The van der Waals surface area contributed by atoms with Gasteiger partial charge < -0.3 is 14.3 Å². The highest BCUT2D eigenvalue weighted by Crippen LogP contribution is 2.06. The summed E-state index contributed by atoms with van der Waals surface area (Å²) in [4.78, 5) is 18.7. The summed E-state index contributed by atoms with van der Waals surface area (Å²) in [5, 5.41) is 0. The minimum absolute atomic E-state index is 0.0753. The van der Waals surface area contributed by atoms with E-state index in [9.17, 15) is 4.79 Å². The monoisotopic (exact) mass is 160 g/mol. The minimum atomic E-state index is -0.374. The molecule has 0 aromatic heterocycles. The van der Waals surface area contributed by atoms with Crippen molar-refractivity contribution in [1.29, 1.82) is 0 Å². The maximum absolute atomic E-state index is 10.7. The molecule has 0 amide bonds. The Labute approximate surface area is 65.5 Å². The van der Waals surface area contributed by atoms with Crippen LogP contribution in [0.4, 0.5) is 0 Å². The summed E-state index contributed by atoms with van der Waals surface area (Å²) in [6.45, 7) is 6.02. The van der Waals surface area contributed by atoms with Gasteiger partial charge in [-0.2, -0.15) is 0 Å². The van der Waals surface area contributed by atoms with Crippen LogP contribution in [0.2, 0.25) is 0 Å². The van der Waals surface area contributed by atoms with E-state index in [2.05, 4.69) is 0 Å². The normalized spacial score (nSPS) is 29.8. The van der Waals surface area contributed by atoms with Crippen molar-refractivity contribution < 1.29 is 19.1 Å². The largest absolute Gasteiger partial charge is 0.458 e. The van der Waals surface area contributed by atoms with Gasteiger partial charge in [0.1, 0.15) is 12.9 Å². The lowest BCUT2D eigenvalue weighted by Crippen LogP contribution is -2.36. The molecule has 0 saturated carbocycles. The lowest BCUT2D eigenvalue weighted by Gasteiger charge is -2.23. The van der Waals surface area contributed by atoms with Crippen LogP contribution in [-0.4, -0.2) is 31.6 Å². The van der Waals surface area contributed by atoms with Crippen molar-refractivity contribution in [2.24, 2.45) is 0 Å². The zero-order valence-electron chi connectivity index (χ0n) is 6.70. The van der Waals surface area contributed by atoms with Gasteiger partial charge in [-0.3, -0.25) is 0 Å². The van der Waals surface area contributed by atoms with Gasteiger partial charge in [-0.25, -0.2) is 4.79 Å². The summed E-state index contributed by atoms with van der Waals surface area (Å²) >= 11 is 0. The van der Waals surface area contributed by atoms with Crippen molar-refractivity contribution in [3.8, 4) is 0 Å². The molecule has 1 aliphatic heterocycles. The molecule has 1 saturated heterocycles. The van der Waals surface area contributed by atoms with Crippen molar-refractivity contribution in [1.82, 2.24) is 0 Å². The number of carbonyl (C=O) groups is 2. The summed E-state index contributed by atoms with van der Waals surface area (Å²) < 4.78 is 9.86. The lowest BCUT2D eigenvalue weighted by molar-refractivity contribution is -0.179. The molecule has 0 bridgehead atoms. The van der Waals surface area contributed by atoms with Crippen LogP contribution in [-0.2, 0) is 19.1 Å². The van der Waals surface area contributed by atoms with E-state index >= 15 is 0 Å². The smallest absolute Gasteiger partial charge is 0.335 e. The first-order valence-electron chi connectivity index (χ1n) is 3.31. The summed E-state index contributed by atoms with van der Waals surface area (Å²) in [5.41, 5.74) is 0. The number of hydrogen-bond donors (Lipinski definition) is 0. The zero-order valence-corrected chi connectivity index (χ0v) is 6.70. The fraction of sp³-hybridized carbons (Fsp3) is 0.714. The Hall–Kier alpha value is -0.900. The molecule has 1 heterocycles. The van der Waals surface area contributed by atoms with Gasteiger partial charge in [0, 0.05) is 0 Å². The maximum atomic E-state index is 10.7. The number of esters is 1. The van der Waals surface area contributed by atoms with E-state index in [-0.39, 0.29) is 18.2 Å². The van der Waals surface area contributed by atoms with Crippen LogP contribution in [0.15, 0.2) is 0 Å². The molecule has 11 heavy (non-hydrogen) atoms. The molecular weight excluding hydrogens is 148 g/mol. The highest BCUT2D eigenvalue weighted by Gasteiger charge is 2.23. The second kappa shape index (κ2) is 4.85. The number of cyclic esters (lactones) is 1. The third-order valence-corrected chi connectivity index (χ3v) is 1.23. The van der Waals surface area contributed by atoms with Crippen LogP contribution in [0, 0.1) is 0 Å². The minimum Gasteiger partial charge on any atom is -0.458 e. The van der Waals surface area contributed by atoms with Gasteiger partial charge >= 0.3 is 5.97 Å². The second-order valence-corrected chi connectivity index (χ2v) is 2.22. The quantitative estimate of drug-likeness (QED) is 0.473. The number of ether oxygens (including phenoxy) is 2. The topological polar surface area (TPSA) is 52.6 Å². The molecular formula is C7H12O4. The van der Waals surface area contributed by atoms with Crippen LogP contribution in [0.5, 0.6) is 0 Å². The molecule has 64 valence electrons. The molecule has 0 radical (unpaired) electrons. The predicted octanol–water partition coefficient (Wildman–Crippen LogP) is 0.152. The highest BCUT2D eigenvalue weighted by molar-refractivity contribution is 5.74. The van der Waals surface area contributed by atoms with E-state index < -0.39 is 0 Å². The van der Waals surface area contributed by atoms with E-state index in [0.717, 1.165) is 0 Å². The van der Waals surface area contributed by atoms with Gasteiger partial charge in [-0.05, 0) is 13.8 Å². The molecule has 2 atom stereocenters. The van der Waals surface area contributed by atoms with E-state index in [1.54, 1.807) is 6.92 Å². The van der Waals surface area contributed by atoms with Crippen LogP contribution in [0.25, 0.3) is 0 Å². The molecule has 4 nitrogen and oxygen atoms in total. The molecule has 0 aromatic rings. The van der Waals surface area contributed by atoms with Crippen molar-refractivity contribution in [3.05, 3.63) is 0 Å². The average molecular weight is 160 g/mol. The van der Waals surface area contributed by atoms with Gasteiger partial charge in [0.2, 0.25) is 0 Å². The third-order valence-electron chi connectivity index (χ3n) is 1.23. The Kier molecular flexibility index (Phi) is 4.45. The Morgan fingerprint density at radius 3 is 2.36 bits per heavy atom. The van der Waals surface area contributed by atoms with Crippen molar-refractivity contribution in [3.63, 3.8) is 0 Å². The predicted molar refractivity (Wildman–Crippen MR) is 38.1 cm³/mol. The first-order chi connectivity index (χ1) is 5.20. The van der Waals surface area contributed by atoms with Gasteiger partial charge in [-0.1, -0.05) is 0 Å². The molecule has 4 heteroatoms. The van der Waals surface area contributed by atoms with Gasteiger partial charge in [-0.15, -0.1) is 0 Å². The van der Waals surface area contributed by atoms with Crippen LogP contribution in [0.3, 0.4) is 0 Å². The molecule has 0 aromatic carbocycles. The Morgan fingerprint density at radius 1 is 1.45 bits per heavy atom. The van der Waals surface area contributed by atoms with E-state index in [1.165, 1.54) is 0 Å². The van der Waals surface area contributed by atoms with E-state index in [1.807, 2.05) is 13.7 Å². The Balaban J connectivity index is 0.000000461.